The number of aromatic amines is 1. The molecule has 0 aliphatic rings. The third kappa shape index (κ3) is 3.76. The highest BCUT2D eigenvalue weighted by atomic mass is 16.4. The van der Waals surface area contributed by atoms with Gasteiger partial charge in [-0.3, -0.25) is 4.79 Å². The van der Waals surface area contributed by atoms with Crippen molar-refractivity contribution in [1.29, 1.82) is 0 Å². The smallest absolute Gasteiger partial charge is 0.340 e. The molecule has 0 radical (unpaired) electrons. The Balaban J connectivity index is 1.58. The van der Waals surface area contributed by atoms with Crippen LogP contribution in [0.15, 0.2) is 51.8 Å². The van der Waals surface area contributed by atoms with E-state index >= 15 is 0 Å². The third-order valence-electron chi connectivity index (χ3n) is 5.48. The second-order valence-electron chi connectivity index (χ2n) is 7.50. The number of hydrogen-bond acceptors (Lipinski definition) is 6. The summed E-state index contributed by atoms with van der Waals surface area (Å²) in [6.07, 6.45) is 1.36. The Hall–Kier alpha value is -4.27. The number of fused-ring (bicyclic) bond motifs is 2. The number of hydrogen-bond donors (Lipinski definition) is 5. The van der Waals surface area contributed by atoms with Crippen LogP contribution in [0.3, 0.4) is 0 Å². The number of phenols is 2. The first-order chi connectivity index (χ1) is 15.3. The van der Waals surface area contributed by atoms with Gasteiger partial charge in [-0.15, -0.1) is 0 Å². The first-order valence-corrected chi connectivity index (χ1v) is 9.80. The monoisotopic (exact) mass is 436 g/mol. The van der Waals surface area contributed by atoms with Crippen LogP contribution in [0.5, 0.6) is 11.5 Å². The number of carbonyl (C=O) groups is 2. The summed E-state index contributed by atoms with van der Waals surface area (Å²) in [7, 11) is 0. The van der Waals surface area contributed by atoms with Crippen molar-refractivity contribution in [3.8, 4) is 11.5 Å². The van der Waals surface area contributed by atoms with Crippen molar-refractivity contribution in [3.63, 3.8) is 0 Å². The van der Waals surface area contributed by atoms with Crippen molar-refractivity contribution in [1.82, 2.24) is 10.3 Å². The van der Waals surface area contributed by atoms with Gasteiger partial charge in [-0.05, 0) is 36.2 Å². The van der Waals surface area contributed by atoms with E-state index in [1.54, 1.807) is 13.1 Å². The largest absolute Gasteiger partial charge is 0.504 e. The van der Waals surface area contributed by atoms with Crippen LogP contribution in [-0.2, 0) is 22.4 Å². The number of carboxylic acids is 1. The van der Waals surface area contributed by atoms with Crippen LogP contribution in [-0.4, -0.2) is 38.2 Å². The van der Waals surface area contributed by atoms with Crippen LogP contribution in [0, 0.1) is 6.92 Å². The molecule has 2 aromatic heterocycles. The molecule has 9 heteroatoms. The molecule has 0 aliphatic carbocycles. The summed E-state index contributed by atoms with van der Waals surface area (Å²) in [6.45, 7) is 1.58. The molecule has 0 bridgehead atoms. The summed E-state index contributed by atoms with van der Waals surface area (Å²) in [5.41, 5.74) is 0.997. The predicted molar refractivity (Wildman–Crippen MR) is 116 cm³/mol. The van der Waals surface area contributed by atoms with Gasteiger partial charge in [-0.2, -0.15) is 0 Å². The predicted octanol–water partition coefficient (Wildman–Crippen LogP) is 2.35. The summed E-state index contributed by atoms with van der Waals surface area (Å²) in [5, 5.41) is 32.8. The molecule has 2 heterocycles. The summed E-state index contributed by atoms with van der Waals surface area (Å²) in [5.74, 6) is -2.86. The van der Waals surface area contributed by atoms with Crippen molar-refractivity contribution < 1.29 is 29.3 Å². The Bertz CT molecular complexity index is 1420. The fraction of sp³-hybridized carbons (Fsp3) is 0.174. The topological polar surface area (TPSA) is 153 Å². The minimum absolute atomic E-state index is 0.0383. The van der Waals surface area contributed by atoms with Gasteiger partial charge < -0.3 is 30.0 Å². The van der Waals surface area contributed by atoms with Gasteiger partial charge in [0.05, 0.1) is 12.0 Å². The van der Waals surface area contributed by atoms with Crippen LogP contribution < -0.4 is 10.9 Å². The van der Waals surface area contributed by atoms with Crippen molar-refractivity contribution in [3.05, 3.63) is 69.7 Å². The number of aliphatic carboxylic acids is 1. The first-order valence-electron chi connectivity index (χ1n) is 9.80. The van der Waals surface area contributed by atoms with Gasteiger partial charge in [-0.1, -0.05) is 18.2 Å². The second-order valence-corrected chi connectivity index (χ2v) is 7.50. The molecule has 5 N–H and O–H groups in total. The SMILES string of the molecule is Cc1c(CC(=O)NC(Cc2c[nH]c3ccccc23)C(=O)O)c(=O)oc2c(O)c(O)ccc12. The molecule has 0 aliphatic heterocycles. The molecule has 164 valence electrons. The second kappa shape index (κ2) is 8.10. The number of carbonyl (C=O) groups excluding carboxylic acids is 1. The van der Waals surface area contributed by atoms with Crippen LogP contribution in [0.2, 0.25) is 0 Å². The van der Waals surface area contributed by atoms with Crippen LogP contribution in [0.25, 0.3) is 21.9 Å². The van der Waals surface area contributed by atoms with E-state index in [2.05, 4.69) is 10.3 Å². The molecule has 1 atom stereocenters. The molecule has 1 unspecified atom stereocenters. The molecule has 1 amide bonds. The van der Waals surface area contributed by atoms with E-state index in [-0.39, 0.29) is 17.6 Å². The minimum atomic E-state index is -1.20. The highest BCUT2D eigenvalue weighted by molar-refractivity contribution is 5.90. The van der Waals surface area contributed by atoms with E-state index in [4.69, 9.17) is 4.42 Å². The first kappa shape index (κ1) is 21.0. The number of rotatable bonds is 6. The number of para-hydroxylation sites is 1. The maximum atomic E-state index is 12.6. The standard InChI is InChI=1S/C23H20N2O7/c1-11-13-6-7-18(26)20(28)21(13)32-23(31)15(11)9-19(27)25-17(22(29)30)8-12-10-24-16-5-3-2-4-14(12)16/h2-7,10,17,24,26,28H,8-9H2,1H3,(H,25,27)(H,29,30). The fourth-order valence-corrected chi connectivity index (χ4v) is 3.76. The van der Waals surface area contributed by atoms with Crippen LogP contribution in [0.1, 0.15) is 16.7 Å². The zero-order valence-electron chi connectivity index (χ0n) is 17.0. The summed E-state index contributed by atoms with van der Waals surface area (Å²) in [6, 6.07) is 8.93. The van der Waals surface area contributed by atoms with E-state index in [0.717, 1.165) is 16.5 Å². The van der Waals surface area contributed by atoms with Crippen LogP contribution >= 0.6 is 0 Å². The highest BCUT2D eigenvalue weighted by Crippen LogP contribution is 2.34. The Kier molecular flexibility index (Phi) is 5.31. The lowest BCUT2D eigenvalue weighted by Gasteiger charge is -2.15. The van der Waals surface area contributed by atoms with Gasteiger partial charge in [0.1, 0.15) is 6.04 Å². The fourth-order valence-electron chi connectivity index (χ4n) is 3.76. The average molecular weight is 436 g/mol. The number of H-pyrrole nitrogens is 1. The summed E-state index contributed by atoms with van der Waals surface area (Å²) in [4.78, 5) is 39.9. The number of nitrogens with one attached hydrogen (secondary N) is 2. The van der Waals surface area contributed by atoms with Gasteiger partial charge in [0, 0.05) is 28.9 Å². The van der Waals surface area contributed by atoms with E-state index in [0.29, 0.717) is 10.9 Å². The molecule has 0 fully saturated rings. The van der Waals surface area contributed by atoms with Crippen LogP contribution in [0.4, 0.5) is 0 Å². The summed E-state index contributed by atoms with van der Waals surface area (Å²) >= 11 is 0. The lowest BCUT2D eigenvalue weighted by atomic mass is 10.0. The molecule has 2 aromatic carbocycles. The Labute approximate surface area is 180 Å². The van der Waals surface area contributed by atoms with Gasteiger partial charge in [-0.25, -0.2) is 9.59 Å². The molecule has 32 heavy (non-hydrogen) atoms. The number of aromatic nitrogens is 1. The van der Waals surface area contributed by atoms with E-state index in [1.165, 1.54) is 12.1 Å². The molecule has 0 saturated carbocycles. The molecule has 0 saturated heterocycles. The summed E-state index contributed by atoms with van der Waals surface area (Å²) < 4.78 is 5.11. The van der Waals surface area contributed by atoms with Crippen molar-refractivity contribution in [2.24, 2.45) is 0 Å². The van der Waals surface area contributed by atoms with E-state index in [9.17, 15) is 29.7 Å². The van der Waals surface area contributed by atoms with E-state index < -0.39 is 41.5 Å². The van der Waals surface area contributed by atoms with Gasteiger partial charge in [0.15, 0.2) is 11.3 Å². The lowest BCUT2D eigenvalue weighted by molar-refractivity contribution is -0.141. The Morgan fingerprint density at radius 1 is 1.12 bits per heavy atom. The zero-order chi connectivity index (χ0) is 23.0. The lowest BCUT2D eigenvalue weighted by Crippen LogP contribution is -2.43. The van der Waals surface area contributed by atoms with Gasteiger partial charge in [0.2, 0.25) is 11.7 Å². The maximum Gasteiger partial charge on any atom is 0.340 e. The normalized spacial score (nSPS) is 12.2. The van der Waals surface area contributed by atoms with Gasteiger partial charge in [0.25, 0.3) is 0 Å². The average Bonchev–Trinajstić information content (AvgIpc) is 3.16. The number of amides is 1. The minimum Gasteiger partial charge on any atom is -0.504 e. The number of aryl methyl sites for hydroxylation is 1. The van der Waals surface area contributed by atoms with Gasteiger partial charge >= 0.3 is 11.6 Å². The molecule has 0 spiro atoms. The number of aromatic hydroxyl groups is 2. The van der Waals surface area contributed by atoms with E-state index in [1.807, 2.05) is 24.3 Å². The number of carboxylic acid groups (broad SMARTS) is 1. The van der Waals surface area contributed by atoms with Crippen molar-refractivity contribution >= 4 is 33.7 Å². The third-order valence-corrected chi connectivity index (χ3v) is 5.48. The number of phenolic OH excluding ortho intramolecular Hbond substituents is 2. The van der Waals surface area contributed by atoms with Crippen molar-refractivity contribution in [2.45, 2.75) is 25.8 Å². The molecule has 4 aromatic rings. The Morgan fingerprint density at radius 3 is 2.62 bits per heavy atom. The number of benzene rings is 2. The molecular formula is C23H20N2O7. The molecule has 9 nitrogen and oxygen atoms in total. The van der Waals surface area contributed by atoms with Crippen molar-refractivity contribution in [2.75, 3.05) is 0 Å². The quantitative estimate of drug-likeness (QED) is 0.230. The molecule has 4 rings (SSSR count). The zero-order valence-corrected chi connectivity index (χ0v) is 17.0. The molecular weight excluding hydrogens is 416 g/mol. The highest BCUT2D eigenvalue weighted by Gasteiger charge is 2.24. The maximum absolute atomic E-state index is 12.6. The Morgan fingerprint density at radius 2 is 1.88 bits per heavy atom.